The van der Waals surface area contributed by atoms with Crippen LogP contribution in [-0.2, 0) is 4.74 Å². The highest BCUT2D eigenvalue weighted by molar-refractivity contribution is 5.69. The van der Waals surface area contributed by atoms with Crippen molar-refractivity contribution in [1.82, 2.24) is 15.1 Å². The number of rotatable bonds is 1. The number of H-pyrrole nitrogens is 1. The Hall–Kier alpha value is -1.59. The zero-order valence-electron chi connectivity index (χ0n) is 10.2. The molecule has 6 heteroatoms. The predicted octanol–water partition coefficient (Wildman–Crippen LogP) is 1.88. The Balaban J connectivity index is 1.87. The molecule has 1 amide bonds. The van der Waals surface area contributed by atoms with Crippen molar-refractivity contribution in [3.8, 4) is 0 Å². The summed E-state index contributed by atoms with van der Waals surface area (Å²) in [7, 11) is 0. The van der Waals surface area contributed by atoms with E-state index in [1.54, 1.807) is 4.90 Å². The molecular formula is C11H16FN3O2. The first-order chi connectivity index (χ1) is 7.87. The molecule has 5 nitrogen and oxygen atoms in total. The molecule has 2 rings (SSSR count). The van der Waals surface area contributed by atoms with Crippen LogP contribution in [0.15, 0.2) is 6.20 Å². The molecule has 0 aromatic carbocycles. The van der Waals surface area contributed by atoms with E-state index in [4.69, 9.17) is 4.74 Å². The molecule has 94 valence electrons. The van der Waals surface area contributed by atoms with Gasteiger partial charge in [0.25, 0.3) is 0 Å². The van der Waals surface area contributed by atoms with E-state index in [1.165, 1.54) is 0 Å². The van der Waals surface area contributed by atoms with Crippen molar-refractivity contribution < 1.29 is 13.9 Å². The lowest BCUT2D eigenvalue weighted by Crippen LogP contribution is -2.50. The van der Waals surface area contributed by atoms with Gasteiger partial charge in [0.15, 0.2) is 5.82 Å². The van der Waals surface area contributed by atoms with Gasteiger partial charge < -0.3 is 9.64 Å². The summed E-state index contributed by atoms with van der Waals surface area (Å²) < 4.78 is 18.4. The molecule has 0 bridgehead atoms. The van der Waals surface area contributed by atoms with E-state index in [2.05, 4.69) is 10.2 Å². The highest BCUT2D eigenvalue weighted by atomic mass is 19.1. The summed E-state index contributed by atoms with van der Waals surface area (Å²) in [6.07, 6.45) is 0.791. The molecule has 1 saturated heterocycles. The first kappa shape index (κ1) is 11.9. The minimum atomic E-state index is -0.499. The quantitative estimate of drug-likeness (QED) is 0.816. The predicted molar refractivity (Wildman–Crippen MR) is 59.1 cm³/mol. The van der Waals surface area contributed by atoms with E-state index in [1.807, 2.05) is 20.8 Å². The average molecular weight is 241 g/mol. The second-order valence-corrected chi connectivity index (χ2v) is 5.21. The molecule has 0 aliphatic carbocycles. The maximum Gasteiger partial charge on any atom is 0.410 e. The lowest BCUT2D eigenvalue weighted by molar-refractivity contribution is 0.00757. The van der Waals surface area contributed by atoms with E-state index in [-0.39, 0.29) is 17.8 Å². The molecule has 1 N–H and O–H groups in total. The third kappa shape index (κ3) is 2.57. The number of hydrogen-bond acceptors (Lipinski definition) is 3. The Morgan fingerprint density at radius 1 is 1.59 bits per heavy atom. The molecule has 1 aliphatic rings. The number of amides is 1. The molecule has 0 unspecified atom stereocenters. The van der Waals surface area contributed by atoms with Crippen molar-refractivity contribution in [2.24, 2.45) is 0 Å². The van der Waals surface area contributed by atoms with Gasteiger partial charge in [-0.05, 0) is 20.8 Å². The van der Waals surface area contributed by atoms with Crippen LogP contribution >= 0.6 is 0 Å². The fraction of sp³-hybridized carbons (Fsp3) is 0.636. The Morgan fingerprint density at radius 2 is 2.24 bits per heavy atom. The number of nitrogens with one attached hydrogen (secondary N) is 1. The van der Waals surface area contributed by atoms with E-state index in [0.29, 0.717) is 18.8 Å². The summed E-state index contributed by atoms with van der Waals surface area (Å²) in [6, 6.07) is 0. The third-order valence-electron chi connectivity index (χ3n) is 2.56. The van der Waals surface area contributed by atoms with Crippen molar-refractivity contribution in [1.29, 1.82) is 0 Å². The number of carbonyl (C=O) groups is 1. The number of hydrogen-bond donors (Lipinski definition) is 1. The molecule has 17 heavy (non-hydrogen) atoms. The van der Waals surface area contributed by atoms with Gasteiger partial charge in [0, 0.05) is 19.0 Å². The Labute approximate surface area is 98.9 Å². The highest BCUT2D eigenvalue weighted by Gasteiger charge is 2.36. The van der Waals surface area contributed by atoms with E-state index < -0.39 is 5.60 Å². The SMILES string of the molecule is CC(C)(C)OC(=O)N1CC(c2[nH]ncc2F)C1. The second kappa shape index (κ2) is 4.01. The van der Waals surface area contributed by atoms with E-state index in [9.17, 15) is 9.18 Å². The number of likely N-dealkylation sites (tertiary alicyclic amines) is 1. The van der Waals surface area contributed by atoms with Crippen molar-refractivity contribution in [2.75, 3.05) is 13.1 Å². The van der Waals surface area contributed by atoms with Crippen LogP contribution < -0.4 is 0 Å². The van der Waals surface area contributed by atoms with Crippen molar-refractivity contribution in [2.45, 2.75) is 32.3 Å². The number of aromatic amines is 1. The highest BCUT2D eigenvalue weighted by Crippen LogP contribution is 2.28. The fourth-order valence-electron chi connectivity index (χ4n) is 1.70. The van der Waals surface area contributed by atoms with Crippen molar-refractivity contribution in [3.05, 3.63) is 17.7 Å². The first-order valence-corrected chi connectivity index (χ1v) is 5.53. The van der Waals surface area contributed by atoms with Crippen LogP contribution in [0, 0.1) is 5.82 Å². The summed E-state index contributed by atoms with van der Waals surface area (Å²) in [5.41, 5.74) is -0.0358. The third-order valence-corrected chi connectivity index (χ3v) is 2.56. The van der Waals surface area contributed by atoms with Gasteiger partial charge in [-0.15, -0.1) is 0 Å². The molecule has 1 aromatic heterocycles. The van der Waals surface area contributed by atoms with Gasteiger partial charge in [0.2, 0.25) is 0 Å². The number of aromatic nitrogens is 2. The van der Waals surface area contributed by atoms with Gasteiger partial charge in [-0.1, -0.05) is 0 Å². The summed E-state index contributed by atoms with van der Waals surface area (Å²) in [6.45, 7) is 6.38. The topological polar surface area (TPSA) is 58.2 Å². The van der Waals surface area contributed by atoms with Crippen LogP contribution in [-0.4, -0.2) is 39.9 Å². The summed E-state index contributed by atoms with van der Waals surface area (Å²) in [5.74, 6) is -0.358. The van der Waals surface area contributed by atoms with Gasteiger partial charge in [0.05, 0.1) is 11.9 Å². The molecular weight excluding hydrogens is 225 g/mol. The zero-order chi connectivity index (χ0) is 12.6. The van der Waals surface area contributed by atoms with Gasteiger partial charge in [-0.2, -0.15) is 5.10 Å². The largest absolute Gasteiger partial charge is 0.444 e. The number of carbonyl (C=O) groups excluding carboxylic acids is 1. The molecule has 0 radical (unpaired) electrons. The number of nitrogens with zero attached hydrogens (tertiary/aromatic N) is 2. The molecule has 0 atom stereocenters. The van der Waals surface area contributed by atoms with Crippen LogP contribution in [0.3, 0.4) is 0 Å². The lowest BCUT2D eigenvalue weighted by Gasteiger charge is -2.39. The van der Waals surface area contributed by atoms with Crippen LogP contribution in [0.25, 0.3) is 0 Å². The second-order valence-electron chi connectivity index (χ2n) is 5.21. The molecule has 0 saturated carbocycles. The minimum absolute atomic E-state index is 0.00924. The Bertz CT molecular complexity index is 419. The van der Waals surface area contributed by atoms with Crippen LogP contribution in [0.5, 0.6) is 0 Å². The standard InChI is InChI=1S/C11H16FN3O2/c1-11(2,3)17-10(16)15-5-7(6-15)9-8(12)4-13-14-9/h4,7H,5-6H2,1-3H3,(H,13,14). The monoisotopic (exact) mass is 241 g/mol. The van der Waals surface area contributed by atoms with Crippen LogP contribution in [0.2, 0.25) is 0 Å². The summed E-state index contributed by atoms with van der Waals surface area (Å²) in [5, 5.41) is 6.23. The van der Waals surface area contributed by atoms with Gasteiger partial charge in [0.1, 0.15) is 5.60 Å². The molecule has 1 aliphatic heterocycles. The maximum absolute atomic E-state index is 13.2. The maximum atomic E-state index is 13.2. The average Bonchev–Trinajstić information content (AvgIpc) is 2.46. The Kier molecular flexibility index (Phi) is 2.81. The van der Waals surface area contributed by atoms with Crippen molar-refractivity contribution >= 4 is 6.09 Å². The normalized spacial score (nSPS) is 16.8. The molecule has 2 heterocycles. The van der Waals surface area contributed by atoms with Gasteiger partial charge in [-0.3, -0.25) is 5.10 Å². The minimum Gasteiger partial charge on any atom is -0.444 e. The Morgan fingerprint density at radius 3 is 2.71 bits per heavy atom. The van der Waals surface area contributed by atoms with Crippen LogP contribution in [0.1, 0.15) is 32.4 Å². The summed E-state index contributed by atoms with van der Waals surface area (Å²) in [4.78, 5) is 13.2. The molecule has 1 fully saturated rings. The van der Waals surface area contributed by atoms with E-state index >= 15 is 0 Å². The number of halogens is 1. The van der Waals surface area contributed by atoms with Crippen molar-refractivity contribution in [3.63, 3.8) is 0 Å². The van der Waals surface area contributed by atoms with Crippen LogP contribution in [0.4, 0.5) is 9.18 Å². The first-order valence-electron chi connectivity index (χ1n) is 5.53. The number of ether oxygens (including phenoxy) is 1. The molecule has 0 spiro atoms. The molecule has 1 aromatic rings. The zero-order valence-corrected chi connectivity index (χ0v) is 10.2. The van der Waals surface area contributed by atoms with Gasteiger partial charge in [-0.25, -0.2) is 9.18 Å². The summed E-state index contributed by atoms with van der Waals surface area (Å²) >= 11 is 0. The van der Waals surface area contributed by atoms with E-state index in [0.717, 1.165) is 6.20 Å². The fourth-order valence-corrected chi connectivity index (χ4v) is 1.70. The lowest BCUT2D eigenvalue weighted by atomic mass is 9.97. The smallest absolute Gasteiger partial charge is 0.410 e. The van der Waals surface area contributed by atoms with Gasteiger partial charge >= 0.3 is 6.09 Å².